The summed E-state index contributed by atoms with van der Waals surface area (Å²) in [7, 11) is -0.207. The molecule has 3 heterocycles. The van der Waals surface area contributed by atoms with Crippen LogP contribution in [0, 0.1) is 5.41 Å². The van der Waals surface area contributed by atoms with Gasteiger partial charge >= 0.3 is 12.2 Å². The predicted molar refractivity (Wildman–Crippen MR) is 133 cm³/mol. The molecule has 3 atom stereocenters. The summed E-state index contributed by atoms with van der Waals surface area (Å²) in [5, 5.41) is 6.48. The highest BCUT2D eigenvalue weighted by molar-refractivity contribution is 7.84. The number of fused-ring (bicyclic) bond motifs is 1. The molecule has 1 aliphatic carbocycles. The van der Waals surface area contributed by atoms with E-state index in [0.717, 1.165) is 4.90 Å². The number of nitrogens with zero attached hydrogens (tertiary/aromatic N) is 4. The van der Waals surface area contributed by atoms with Gasteiger partial charge in [0.1, 0.15) is 0 Å². The minimum atomic E-state index is -4.32. The van der Waals surface area contributed by atoms with Crippen LogP contribution in [-0.2, 0) is 15.7 Å². The molecule has 1 saturated heterocycles. The van der Waals surface area contributed by atoms with Crippen LogP contribution in [0.3, 0.4) is 0 Å². The molecule has 2 aromatic rings. The van der Waals surface area contributed by atoms with Crippen LogP contribution in [0.2, 0.25) is 0 Å². The Bertz CT molecular complexity index is 1230. The number of imidazole rings is 1. The Morgan fingerprint density at radius 1 is 1.26 bits per heavy atom. The van der Waals surface area contributed by atoms with E-state index in [1.807, 2.05) is 0 Å². The zero-order valence-corrected chi connectivity index (χ0v) is 23.0. The van der Waals surface area contributed by atoms with Crippen molar-refractivity contribution in [2.24, 2.45) is 5.41 Å². The van der Waals surface area contributed by atoms with Crippen molar-refractivity contribution in [3.63, 3.8) is 0 Å². The summed E-state index contributed by atoms with van der Waals surface area (Å²) >= 11 is 0. The number of aromatic nitrogens is 3. The normalized spacial score (nSPS) is 21.5. The summed E-state index contributed by atoms with van der Waals surface area (Å²) in [5.74, 6) is -3.13. The summed E-state index contributed by atoms with van der Waals surface area (Å²) < 4.78 is 90.7. The van der Waals surface area contributed by atoms with Crippen LogP contribution in [-0.4, -0.2) is 73.4 Å². The number of hydrogen-bond acceptors (Lipinski definition) is 5. The zero-order valence-electron chi connectivity index (χ0n) is 22.1. The van der Waals surface area contributed by atoms with E-state index >= 15 is 0 Å². The van der Waals surface area contributed by atoms with Gasteiger partial charge in [0, 0.05) is 12.7 Å². The average Bonchev–Trinajstić information content (AvgIpc) is 3.52. The van der Waals surface area contributed by atoms with Gasteiger partial charge in [-0.15, -0.1) is 0 Å². The number of rotatable bonds is 10. The van der Waals surface area contributed by atoms with Crippen LogP contribution < -0.4 is 10.0 Å². The van der Waals surface area contributed by atoms with E-state index in [0.29, 0.717) is 11.3 Å². The Balaban J connectivity index is 1.63. The molecule has 2 amide bonds. The fourth-order valence-corrected chi connectivity index (χ4v) is 5.39. The standard InChI is InChI=1S/C24H33F5N6O3S/c1-21(2,3)39(37)33-16(5-6-22(7-8-22)24(27,28)29)17-11-35-19(32-17)9-15(10-31-35)18(12-38-4)34-14-23(25,26)13-30-20(34)36/h9-11,16,18,33H,5-8,12-14H2,1-4H3,(H,30,36)/t16?,18-,39?/m1/s1. The molecule has 2 fully saturated rings. The Labute approximate surface area is 225 Å². The van der Waals surface area contributed by atoms with Gasteiger partial charge in [-0.1, -0.05) is 0 Å². The predicted octanol–water partition coefficient (Wildman–Crippen LogP) is 4.29. The number of urea groups is 1. The molecule has 2 unspecified atom stereocenters. The molecule has 9 nitrogen and oxygen atoms in total. The molecular weight excluding hydrogens is 547 g/mol. The summed E-state index contributed by atoms with van der Waals surface area (Å²) in [6.45, 7) is 3.60. The summed E-state index contributed by atoms with van der Waals surface area (Å²) in [6.07, 6.45) is -1.34. The van der Waals surface area contributed by atoms with Crippen molar-refractivity contribution in [1.82, 2.24) is 29.5 Å². The Morgan fingerprint density at radius 3 is 2.54 bits per heavy atom. The molecule has 0 spiro atoms. The molecule has 1 aliphatic heterocycles. The second kappa shape index (κ2) is 10.5. The van der Waals surface area contributed by atoms with E-state index in [9.17, 15) is 31.0 Å². The molecule has 218 valence electrons. The maximum absolute atomic E-state index is 14.1. The van der Waals surface area contributed by atoms with Crippen molar-refractivity contribution in [1.29, 1.82) is 0 Å². The molecule has 2 aromatic heterocycles. The quantitative estimate of drug-likeness (QED) is 0.409. The summed E-state index contributed by atoms with van der Waals surface area (Å²) in [5.41, 5.74) is -0.699. The molecule has 0 bridgehead atoms. The van der Waals surface area contributed by atoms with E-state index in [1.54, 1.807) is 26.8 Å². The SMILES string of the molecule is COC[C@H](c1cnn2cc(C(CCC3(C(F)(F)F)CC3)NS(=O)C(C)(C)C)nc2c1)N1CC(F)(F)CNC1=O. The average molecular weight is 581 g/mol. The Kier molecular flexibility index (Phi) is 8.00. The molecule has 2 aliphatic rings. The first-order valence-corrected chi connectivity index (χ1v) is 13.7. The number of nitrogens with one attached hydrogen (secondary N) is 2. The molecule has 0 aromatic carbocycles. The maximum Gasteiger partial charge on any atom is 0.394 e. The highest BCUT2D eigenvalue weighted by Gasteiger charge is 2.62. The highest BCUT2D eigenvalue weighted by atomic mass is 32.2. The summed E-state index contributed by atoms with van der Waals surface area (Å²) in [6, 6.07) is -0.741. The van der Waals surface area contributed by atoms with E-state index in [2.05, 4.69) is 20.1 Å². The van der Waals surface area contributed by atoms with E-state index in [4.69, 9.17) is 4.74 Å². The highest BCUT2D eigenvalue weighted by Crippen LogP contribution is 2.61. The first kappa shape index (κ1) is 29.6. The van der Waals surface area contributed by atoms with E-state index in [1.165, 1.54) is 24.0 Å². The van der Waals surface area contributed by atoms with Crippen molar-refractivity contribution in [3.8, 4) is 0 Å². The Hall–Kier alpha value is -2.39. The van der Waals surface area contributed by atoms with Crippen molar-refractivity contribution < 1.29 is 35.7 Å². The third kappa shape index (κ3) is 6.51. The minimum Gasteiger partial charge on any atom is -0.382 e. The van der Waals surface area contributed by atoms with Crippen LogP contribution in [0.25, 0.3) is 5.65 Å². The molecule has 15 heteroatoms. The molecule has 39 heavy (non-hydrogen) atoms. The lowest BCUT2D eigenvalue weighted by Gasteiger charge is -2.38. The number of hydrogen-bond donors (Lipinski definition) is 2. The van der Waals surface area contributed by atoms with Gasteiger partial charge < -0.3 is 15.0 Å². The Morgan fingerprint density at radius 2 is 1.95 bits per heavy atom. The zero-order chi connectivity index (χ0) is 28.8. The second-order valence-corrected chi connectivity index (χ2v) is 13.2. The lowest BCUT2D eigenvalue weighted by atomic mass is 9.96. The van der Waals surface area contributed by atoms with Crippen LogP contribution in [0.4, 0.5) is 26.7 Å². The van der Waals surface area contributed by atoms with Gasteiger partial charge in [-0.2, -0.15) is 18.3 Å². The van der Waals surface area contributed by atoms with Crippen molar-refractivity contribution in [2.45, 2.75) is 75.4 Å². The number of amides is 2. The van der Waals surface area contributed by atoms with Gasteiger partial charge in [0.2, 0.25) is 0 Å². The van der Waals surface area contributed by atoms with Gasteiger partial charge in [-0.3, -0.25) is 0 Å². The van der Waals surface area contributed by atoms with Crippen LogP contribution in [0.1, 0.15) is 69.8 Å². The van der Waals surface area contributed by atoms with E-state index < -0.39 is 64.5 Å². The number of carbonyl (C=O) groups excluding carboxylic acids is 1. The van der Waals surface area contributed by atoms with Crippen LogP contribution in [0.15, 0.2) is 18.5 Å². The van der Waals surface area contributed by atoms with Gasteiger partial charge in [0.25, 0.3) is 5.92 Å². The number of ether oxygens (including phenoxy) is 1. The first-order valence-electron chi connectivity index (χ1n) is 12.6. The first-order chi connectivity index (χ1) is 18.1. The van der Waals surface area contributed by atoms with Crippen LogP contribution in [0.5, 0.6) is 0 Å². The number of methoxy groups -OCH3 is 1. The van der Waals surface area contributed by atoms with Crippen molar-refractivity contribution in [2.75, 3.05) is 26.8 Å². The third-order valence-electron chi connectivity index (χ3n) is 7.14. The fraction of sp³-hybridized carbons (Fsp3) is 0.708. The lowest BCUT2D eigenvalue weighted by molar-refractivity contribution is -0.189. The molecule has 1 saturated carbocycles. The summed E-state index contributed by atoms with van der Waals surface area (Å²) in [4.78, 5) is 17.9. The van der Waals surface area contributed by atoms with E-state index in [-0.39, 0.29) is 37.9 Å². The maximum atomic E-state index is 14.1. The monoisotopic (exact) mass is 580 g/mol. The largest absolute Gasteiger partial charge is 0.394 e. The lowest BCUT2D eigenvalue weighted by Crippen LogP contribution is -2.58. The van der Waals surface area contributed by atoms with Gasteiger partial charge in [0.05, 0.1) is 71.0 Å². The minimum absolute atomic E-state index is 0.0490. The van der Waals surface area contributed by atoms with Crippen molar-refractivity contribution in [3.05, 3.63) is 29.7 Å². The molecule has 0 radical (unpaired) electrons. The molecular formula is C24H33F5N6O3S. The van der Waals surface area contributed by atoms with Gasteiger partial charge in [0.15, 0.2) is 5.65 Å². The number of alkyl halides is 5. The van der Waals surface area contributed by atoms with Crippen LogP contribution >= 0.6 is 0 Å². The second-order valence-electron chi connectivity index (χ2n) is 11.2. The number of halogens is 5. The third-order valence-corrected chi connectivity index (χ3v) is 8.75. The molecule has 4 rings (SSSR count). The smallest absolute Gasteiger partial charge is 0.382 e. The van der Waals surface area contributed by atoms with Crippen molar-refractivity contribution >= 4 is 22.7 Å². The molecule has 2 N–H and O–H groups in total. The van der Waals surface area contributed by atoms with Gasteiger partial charge in [-0.05, 0) is 52.5 Å². The van der Waals surface area contributed by atoms with Gasteiger partial charge in [-0.25, -0.2) is 32.0 Å². The fourth-order valence-electron chi connectivity index (χ4n) is 4.54. The topological polar surface area (TPSA) is 101 Å². The number of carbonyl (C=O) groups is 1.